The van der Waals surface area contributed by atoms with Crippen molar-refractivity contribution in [3.63, 3.8) is 0 Å². The maximum absolute atomic E-state index is 12.6. The van der Waals surface area contributed by atoms with Gasteiger partial charge in [-0.25, -0.2) is 4.79 Å². The Morgan fingerprint density at radius 1 is 0.929 bits per heavy atom. The lowest BCUT2D eigenvalue weighted by Crippen LogP contribution is -2.30. The highest BCUT2D eigenvalue weighted by molar-refractivity contribution is 6.00. The molecule has 5 heteroatoms. The van der Waals surface area contributed by atoms with Gasteiger partial charge in [0.1, 0.15) is 11.3 Å². The molecule has 0 aromatic heterocycles. The van der Waals surface area contributed by atoms with Crippen molar-refractivity contribution in [2.45, 2.75) is 20.0 Å². The van der Waals surface area contributed by atoms with E-state index in [1.807, 2.05) is 48.5 Å². The van der Waals surface area contributed by atoms with Crippen LogP contribution >= 0.6 is 0 Å². The Kier molecular flexibility index (Phi) is 5.75. The van der Waals surface area contributed by atoms with E-state index in [-0.39, 0.29) is 11.3 Å². The second kappa shape index (κ2) is 8.39. The minimum Gasteiger partial charge on any atom is -0.507 e. The lowest BCUT2D eigenvalue weighted by Gasteiger charge is -2.16. The van der Waals surface area contributed by atoms with E-state index in [9.17, 15) is 14.7 Å². The monoisotopic (exact) mass is 375 g/mol. The average Bonchev–Trinajstić information content (AvgIpc) is 2.71. The van der Waals surface area contributed by atoms with Gasteiger partial charge in [0.05, 0.1) is 0 Å². The van der Waals surface area contributed by atoms with Gasteiger partial charge in [0.25, 0.3) is 5.91 Å². The standard InChI is InChI=1S/C23H21NO4/c1-15-9-8-13-19(21(15)25)23(27)28-16(2)22(26)24-20-14-7-6-12-18(20)17-10-4-3-5-11-17/h3-14,16,25H,1-2H3,(H,24,26)/t16-/m1/s1. The third kappa shape index (κ3) is 4.20. The molecule has 28 heavy (non-hydrogen) atoms. The molecular formula is C23H21NO4. The number of aryl methyl sites for hydroxylation is 1. The van der Waals surface area contributed by atoms with Crippen LogP contribution in [0.25, 0.3) is 11.1 Å². The number of rotatable bonds is 5. The van der Waals surface area contributed by atoms with Crippen LogP contribution in [0, 0.1) is 6.92 Å². The van der Waals surface area contributed by atoms with Crippen LogP contribution in [0.5, 0.6) is 5.75 Å². The maximum atomic E-state index is 12.6. The van der Waals surface area contributed by atoms with Crippen LogP contribution in [-0.2, 0) is 9.53 Å². The Bertz CT molecular complexity index is 998. The van der Waals surface area contributed by atoms with Crippen molar-refractivity contribution in [2.24, 2.45) is 0 Å². The highest BCUT2D eigenvalue weighted by Gasteiger charge is 2.22. The van der Waals surface area contributed by atoms with Gasteiger partial charge >= 0.3 is 5.97 Å². The van der Waals surface area contributed by atoms with Gasteiger partial charge in [0, 0.05) is 11.3 Å². The molecule has 0 radical (unpaired) electrons. The first kappa shape index (κ1) is 19.2. The number of nitrogens with one attached hydrogen (secondary N) is 1. The third-order valence-electron chi connectivity index (χ3n) is 4.38. The summed E-state index contributed by atoms with van der Waals surface area (Å²) in [6, 6.07) is 21.9. The van der Waals surface area contributed by atoms with Crippen LogP contribution in [0.15, 0.2) is 72.8 Å². The summed E-state index contributed by atoms with van der Waals surface area (Å²) in [5, 5.41) is 12.8. The molecule has 1 amide bonds. The molecule has 0 fully saturated rings. The summed E-state index contributed by atoms with van der Waals surface area (Å²) in [4.78, 5) is 24.9. The number of ether oxygens (including phenoxy) is 1. The number of para-hydroxylation sites is 2. The fraction of sp³-hybridized carbons (Fsp3) is 0.130. The second-order valence-electron chi connectivity index (χ2n) is 6.42. The molecule has 142 valence electrons. The van der Waals surface area contributed by atoms with Crippen molar-refractivity contribution in [2.75, 3.05) is 5.32 Å². The number of amides is 1. The van der Waals surface area contributed by atoms with Crippen molar-refractivity contribution in [3.05, 3.63) is 83.9 Å². The summed E-state index contributed by atoms with van der Waals surface area (Å²) in [7, 11) is 0. The quantitative estimate of drug-likeness (QED) is 0.642. The van der Waals surface area contributed by atoms with Gasteiger partial charge in [-0.1, -0.05) is 60.7 Å². The number of benzene rings is 3. The molecule has 1 atom stereocenters. The molecule has 5 nitrogen and oxygen atoms in total. The molecule has 3 aromatic carbocycles. The molecular weight excluding hydrogens is 354 g/mol. The SMILES string of the molecule is Cc1cccc(C(=O)O[C@H](C)C(=O)Nc2ccccc2-c2ccccc2)c1O. The Morgan fingerprint density at radius 2 is 1.61 bits per heavy atom. The predicted octanol–water partition coefficient (Wildman–Crippen LogP) is 4.55. The number of phenols is 1. The lowest BCUT2D eigenvalue weighted by atomic mass is 10.0. The highest BCUT2D eigenvalue weighted by Crippen LogP contribution is 2.28. The van der Waals surface area contributed by atoms with E-state index in [1.165, 1.54) is 13.0 Å². The van der Waals surface area contributed by atoms with Crippen molar-refractivity contribution in [1.82, 2.24) is 0 Å². The smallest absolute Gasteiger partial charge is 0.342 e. The van der Waals surface area contributed by atoms with Crippen molar-refractivity contribution in [1.29, 1.82) is 0 Å². The number of hydrogen-bond acceptors (Lipinski definition) is 4. The third-order valence-corrected chi connectivity index (χ3v) is 4.38. The number of aromatic hydroxyl groups is 1. The molecule has 0 saturated carbocycles. The normalized spacial score (nSPS) is 11.5. The number of carbonyl (C=O) groups is 2. The van der Waals surface area contributed by atoms with E-state index >= 15 is 0 Å². The first-order valence-electron chi connectivity index (χ1n) is 8.92. The van der Waals surface area contributed by atoms with E-state index in [0.29, 0.717) is 11.3 Å². The first-order valence-corrected chi connectivity index (χ1v) is 8.92. The molecule has 0 spiro atoms. The Balaban J connectivity index is 1.73. The Hall–Kier alpha value is -3.60. The van der Waals surface area contributed by atoms with Gasteiger partial charge in [0.2, 0.25) is 0 Å². The first-order chi connectivity index (χ1) is 13.5. The van der Waals surface area contributed by atoms with Crippen LogP contribution in [0.3, 0.4) is 0 Å². The summed E-state index contributed by atoms with van der Waals surface area (Å²) in [6.45, 7) is 3.17. The summed E-state index contributed by atoms with van der Waals surface area (Å²) >= 11 is 0. The molecule has 0 aliphatic heterocycles. The van der Waals surface area contributed by atoms with Crippen LogP contribution in [-0.4, -0.2) is 23.1 Å². The summed E-state index contributed by atoms with van der Waals surface area (Å²) < 4.78 is 5.24. The fourth-order valence-corrected chi connectivity index (χ4v) is 2.80. The Labute approximate surface area is 163 Å². The average molecular weight is 375 g/mol. The van der Waals surface area contributed by atoms with E-state index in [4.69, 9.17) is 4.74 Å². The number of anilines is 1. The predicted molar refractivity (Wildman–Crippen MR) is 108 cm³/mol. The maximum Gasteiger partial charge on any atom is 0.342 e. The van der Waals surface area contributed by atoms with E-state index in [0.717, 1.165) is 11.1 Å². The molecule has 0 aliphatic rings. The number of hydrogen-bond donors (Lipinski definition) is 2. The van der Waals surface area contributed by atoms with Gasteiger partial charge in [-0.3, -0.25) is 4.79 Å². The topological polar surface area (TPSA) is 75.6 Å². The summed E-state index contributed by atoms with van der Waals surface area (Å²) in [6.07, 6.45) is -1.03. The zero-order valence-corrected chi connectivity index (χ0v) is 15.7. The summed E-state index contributed by atoms with van der Waals surface area (Å²) in [5.74, 6) is -1.35. The van der Waals surface area contributed by atoms with Crippen LogP contribution in [0.2, 0.25) is 0 Å². The molecule has 3 aromatic rings. The number of carbonyl (C=O) groups excluding carboxylic acids is 2. The van der Waals surface area contributed by atoms with Gasteiger partial charge in [-0.05, 0) is 37.1 Å². The second-order valence-corrected chi connectivity index (χ2v) is 6.42. The van der Waals surface area contributed by atoms with E-state index < -0.39 is 18.0 Å². The molecule has 2 N–H and O–H groups in total. The van der Waals surface area contributed by atoms with Gasteiger partial charge in [-0.15, -0.1) is 0 Å². The number of phenolic OH excluding ortho intramolecular Hbond substituents is 1. The van der Waals surface area contributed by atoms with Crippen LogP contribution in [0.4, 0.5) is 5.69 Å². The van der Waals surface area contributed by atoms with Gasteiger partial charge in [-0.2, -0.15) is 0 Å². The van der Waals surface area contributed by atoms with Gasteiger partial charge < -0.3 is 15.2 Å². The lowest BCUT2D eigenvalue weighted by molar-refractivity contribution is -0.123. The van der Waals surface area contributed by atoms with Crippen molar-refractivity contribution < 1.29 is 19.4 Å². The minimum absolute atomic E-state index is 0.0318. The zero-order chi connectivity index (χ0) is 20.1. The van der Waals surface area contributed by atoms with Crippen LogP contribution < -0.4 is 5.32 Å². The fourth-order valence-electron chi connectivity index (χ4n) is 2.80. The summed E-state index contributed by atoms with van der Waals surface area (Å²) in [5.41, 5.74) is 3.05. The molecule has 0 saturated heterocycles. The highest BCUT2D eigenvalue weighted by atomic mass is 16.5. The van der Waals surface area contributed by atoms with E-state index in [1.54, 1.807) is 25.1 Å². The molecule has 3 rings (SSSR count). The van der Waals surface area contributed by atoms with E-state index in [2.05, 4.69) is 5.32 Å². The zero-order valence-electron chi connectivity index (χ0n) is 15.7. The van der Waals surface area contributed by atoms with Crippen molar-refractivity contribution >= 4 is 17.6 Å². The van der Waals surface area contributed by atoms with Crippen LogP contribution in [0.1, 0.15) is 22.8 Å². The number of esters is 1. The molecule has 0 bridgehead atoms. The minimum atomic E-state index is -1.03. The van der Waals surface area contributed by atoms with Crippen molar-refractivity contribution in [3.8, 4) is 16.9 Å². The molecule has 0 aliphatic carbocycles. The Morgan fingerprint density at radius 3 is 2.36 bits per heavy atom. The molecule has 0 heterocycles. The van der Waals surface area contributed by atoms with Gasteiger partial charge in [0.15, 0.2) is 6.10 Å². The molecule has 0 unspecified atom stereocenters. The largest absolute Gasteiger partial charge is 0.507 e.